The van der Waals surface area contributed by atoms with Gasteiger partial charge < -0.3 is 15.2 Å². The molecule has 0 saturated carbocycles. The Morgan fingerprint density at radius 1 is 1.71 bits per heavy atom. The molecule has 0 fully saturated rings. The molecule has 80 valence electrons. The summed E-state index contributed by atoms with van der Waals surface area (Å²) in [6.45, 7) is 2.91. The van der Waals surface area contributed by atoms with Crippen LogP contribution in [0.1, 0.15) is 18.0 Å². The SMILES string of the molecule is COCC(O)CNC(C)c1nccs1. The fraction of sp³-hybridized carbons (Fsp3) is 0.667. The van der Waals surface area contributed by atoms with Crippen molar-refractivity contribution >= 4 is 11.3 Å². The fourth-order valence-electron chi connectivity index (χ4n) is 1.10. The fourth-order valence-corrected chi connectivity index (χ4v) is 1.77. The zero-order valence-electron chi connectivity index (χ0n) is 8.43. The van der Waals surface area contributed by atoms with Gasteiger partial charge in [-0.25, -0.2) is 4.98 Å². The minimum Gasteiger partial charge on any atom is -0.389 e. The number of hydrogen-bond donors (Lipinski definition) is 2. The number of nitrogens with one attached hydrogen (secondary N) is 1. The number of hydrogen-bond acceptors (Lipinski definition) is 5. The Hall–Kier alpha value is -0.490. The number of methoxy groups -OCH3 is 1. The first-order chi connectivity index (χ1) is 6.74. The van der Waals surface area contributed by atoms with E-state index in [-0.39, 0.29) is 6.04 Å². The molecule has 0 aromatic carbocycles. The van der Waals surface area contributed by atoms with Crippen LogP contribution in [-0.4, -0.2) is 36.5 Å². The molecule has 1 heterocycles. The van der Waals surface area contributed by atoms with Crippen molar-refractivity contribution < 1.29 is 9.84 Å². The highest BCUT2D eigenvalue weighted by molar-refractivity contribution is 7.09. The largest absolute Gasteiger partial charge is 0.389 e. The summed E-state index contributed by atoms with van der Waals surface area (Å²) in [6.07, 6.45) is 1.33. The van der Waals surface area contributed by atoms with Crippen LogP contribution in [-0.2, 0) is 4.74 Å². The molecule has 5 heteroatoms. The van der Waals surface area contributed by atoms with Crippen LogP contribution in [0.4, 0.5) is 0 Å². The van der Waals surface area contributed by atoms with Crippen LogP contribution < -0.4 is 5.32 Å². The molecular formula is C9H16N2O2S. The summed E-state index contributed by atoms with van der Waals surface area (Å²) in [4.78, 5) is 4.18. The molecule has 0 aliphatic rings. The second kappa shape index (κ2) is 6.08. The number of thiazole rings is 1. The van der Waals surface area contributed by atoms with Gasteiger partial charge in [-0.05, 0) is 6.92 Å². The topological polar surface area (TPSA) is 54.4 Å². The van der Waals surface area contributed by atoms with Crippen LogP contribution in [0.3, 0.4) is 0 Å². The van der Waals surface area contributed by atoms with Crippen LogP contribution in [0, 0.1) is 0 Å². The van der Waals surface area contributed by atoms with Gasteiger partial charge in [0.05, 0.1) is 18.8 Å². The van der Waals surface area contributed by atoms with E-state index in [0.29, 0.717) is 13.2 Å². The third-order valence-corrected chi connectivity index (χ3v) is 2.80. The van der Waals surface area contributed by atoms with Crippen LogP contribution in [0.2, 0.25) is 0 Å². The molecule has 2 atom stereocenters. The Morgan fingerprint density at radius 2 is 2.50 bits per heavy atom. The Balaban J connectivity index is 2.24. The van der Waals surface area contributed by atoms with Crippen molar-refractivity contribution in [1.29, 1.82) is 0 Å². The van der Waals surface area contributed by atoms with E-state index in [1.165, 1.54) is 0 Å². The van der Waals surface area contributed by atoms with Crippen LogP contribution >= 0.6 is 11.3 Å². The lowest BCUT2D eigenvalue weighted by Crippen LogP contribution is -2.31. The maximum atomic E-state index is 9.39. The molecule has 0 spiro atoms. The third-order valence-electron chi connectivity index (χ3n) is 1.84. The summed E-state index contributed by atoms with van der Waals surface area (Å²) in [5.74, 6) is 0. The lowest BCUT2D eigenvalue weighted by atomic mass is 10.3. The maximum absolute atomic E-state index is 9.39. The van der Waals surface area contributed by atoms with Crippen molar-refractivity contribution in [1.82, 2.24) is 10.3 Å². The van der Waals surface area contributed by atoms with Crippen molar-refractivity contribution in [2.75, 3.05) is 20.3 Å². The number of rotatable bonds is 6. The van der Waals surface area contributed by atoms with Gasteiger partial charge in [-0.3, -0.25) is 0 Å². The molecule has 0 aliphatic carbocycles. The van der Waals surface area contributed by atoms with Crippen LogP contribution in [0.5, 0.6) is 0 Å². The van der Waals surface area contributed by atoms with Crippen molar-refractivity contribution in [2.24, 2.45) is 0 Å². The van der Waals surface area contributed by atoms with Gasteiger partial charge >= 0.3 is 0 Å². The van der Waals surface area contributed by atoms with Gasteiger partial charge in [0.2, 0.25) is 0 Å². The Kier molecular flexibility index (Phi) is 5.03. The minimum absolute atomic E-state index is 0.182. The van der Waals surface area contributed by atoms with Gasteiger partial charge in [-0.2, -0.15) is 0 Å². The summed E-state index contributed by atoms with van der Waals surface area (Å²) in [5.41, 5.74) is 0. The zero-order chi connectivity index (χ0) is 10.4. The lowest BCUT2D eigenvalue weighted by molar-refractivity contribution is 0.0630. The molecule has 1 rings (SSSR count). The Morgan fingerprint density at radius 3 is 3.07 bits per heavy atom. The monoisotopic (exact) mass is 216 g/mol. The average molecular weight is 216 g/mol. The van der Waals surface area contributed by atoms with E-state index in [1.807, 2.05) is 12.3 Å². The van der Waals surface area contributed by atoms with Crippen molar-refractivity contribution in [3.05, 3.63) is 16.6 Å². The summed E-state index contributed by atoms with van der Waals surface area (Å²) < 4.78 is 4.82. The maximum Gasteiger partial charge on any atom is 0.109 e. The number of aromatic nitrogens is 1. The van der Waals surface area contributed by atoms with E-state index in [4.69, 9.17) is 4.74 Å². The normalized spacial score (nSPS) is 15.4. The standard InChI is InChI=1S/C9H16N2O2S/c1-7(9-10-3-4-14-9)11-5-8(12)6-13-2/h3-4,7-8,11-12H,5-6H2,1-2H3. The van der Waals surface area contributed by atoms with Gasteiger partial charge in [0, 0.05) is 25.2 Å². The second-order valence-electron chi connectivity index (χ2n) is 3.11. The van der Waals surface area contributed by atoms with E-state index in [0.717, 1.165) is 5.01 Å². The molecule has 2 N–H and O–H groups in total. The first kappa shape index (κ1) is 11.6. The summed E-state index contributed by atoms with van der Waals surface area (Å²) in [5, 5.41) is 15.6. The highest BCUT2D eigenvalue weighted by Gasteiger charge is 2.09. The predicted octanol–water partition coefficient (Wildman–Crippen LogP) is 0.801. The van der Waals surface area contributed by atoms with Gasteiger partial charge in [0.25, 0.3) is 0 Å². The van der Waals surface area contributed by atoms with E-state index in [9.17, 15) is 5.11 Å². The van der Waals surface area contributed by atoms with Crippen LogP contribution in [0.15, 0.2) is 11.6 Å². The van der Waals surface area contributed by atoms with Gasteiger partial charge in [0.15, 0.2) is 0 Å². The number of aliphatic hydroxyl groups is 1. The minimum atomic E-state index is -0.456. The van der Waals surface area contributed by atoms with Gasteiger partial charge in [0.1, 0.15) is 5.01 Å². The molecule has 1 aromatic rings. The van der Waals surface area contributed by atoms with Crippen LogP contribution in [0.25, 0.3) is 0 Å². The molecule has 4 nitrogen and oxygen atoms in total. The number of ether oxygens (including phenoxy) is 1. The first-order valence-electron chi connectivity index (χ1n) is 4.53. The zero-order valence-corrected chi connectivity index (χ0v) is 9.25. The number of aliphatic hydroxyl groups excluding tert-OH is 1. The van der Waals surface area contributed by atoms with Crippen molar-refractivity contribution in [2.45, 2.75) is 19.1 Å². The summed E-state index contributed by atoms with van der Waals surface area (Å²) >= 11 is 1.61. The second-order valence-corrected chi connectivity index (χ2v) is 4.04. The molecule has 1 aromatic heterocycles. The molecule has 14 heavy (non-hydrogen) atoms. The molecular weight excluding hydrogens is 200 g/mol. The Labute approximate surface area is 87.9 Å². The van der Waals surface area contributed by atoms with Crippen molar-refractivity contribution in [3.8, 4) is 0 Å². The third kappa shape index (κ3) is 3.71. The van der Waals surface area contributed by atoms with E-state index in [1.54, 1.807) is 24.6 Å². The van der Waals surface area contributed by atoms with E-state index >= 15 is 0 Å². The van der Waals surface area contributed by atoms with Gasteiger partial charge in [-0.15, -0.1) is 11.3 Å². The predicted molar refractivity (Wildman–Crippen MR) is 56.4 cm³/mol. The molecule has 0 bridgehead atoms. The average Bonchev–Trinajstić information content (AvgIpc) is 2.67. The smallest absolute Gasteiger partial charge is 0.109 e. The molecule has 0 radical (unpaired) electrons. The highest BCUT2D eigenvalue weighted by atomic mass is 32.1. The van der Waals surface area contributed by atoms with Crippen molar-refractivity contribution in [3.63, 3.8) is 0 Å². The molecule has 0 aliphatic heterocycles. The summed E-state index contributed by atoms with van der Waals surface area (Å²) in [6, 6.07) is 0.182. The summed E-state index contributed by atoms with van der Waals surface area (Å²) in [7, 11) is 1.58. The Bertz CT molecular complexity index is 241. The highest BCUT2D eigenvalue weighted by Crippen LogP contribution is 2.14. The van der Waals surface area contributed by atoms with E-state index in [2.05, 4.69) is 10.3 Å². The van der Waals surface area contributed by atoms with Gasteiger partial charge in [-0.1, -0.05) is 0 Å². The quantitative estimate of drug-likeness (QED) is 0.738. The van der Waals surface area contributed by atoms with E-state index < -0.39 is 6.10 Å². The number of nitrogens with zero attached hydrogens (tertiary/aromatic N) is 1. The lowest BCUT2D eigenvalue weighted by Gasteiger charge is -2.14. The first-order valence-corrected chi connectivity index (χ1v) is 5.41. The molecule has 0 amide bonds. The molecule has 0 saturated heterocycles. The molecule has 2 unspecified atom stereocenters.